The van der Waals surface area contributed by atoms with Crippen molar-refractivity contribution in [2.24, 2.45) is 0 Å². The summed E-state index contributed by atoms with van der Waals surface area (Å²) in [4.78, 5) is 17.3. The number of amides is 1. The van der Waals surface area contributed by atoms with Gasteiger partial charge in [-0.3, -0.25) is 4.79 Å². The number of aromatic nitrogens is 1. The molecule has 144 valence electrons. The molecule has 1 aliphatic rings. The van der Waals surface area contributed by atoms with Crippen LogP contribution in [0.4, 0.5) is 5.69 Å². The highest BCUT2D eigenvalue weighted by Gasteiger charge is 2.24. The quantitative estimate of drug-likeness (QED) is 0.685. The van der Waals surface area contributed by atoms with Crippen LogP contribution >= 0.6 is 0 Å². The summed E-state index contributed by atoms with van der Waals surface area (Å²) in [6.45, 7) is 3.82. The molecule has 2 aromatic carbocycles. The molecule has 0 bridgehead atoms. The Morgan fingerprint density at radius 2 is 1.61 bits per heavy atom. The molecule has 0 saturated carbocycles. The summed E-state index contributed by atoms with van der Waals surface area (Å²) >= 11 is 0. The van der Waals surface area contributed by atoms with Crippen molar-refractivity contribution in [1.29, 1.82) is 0 Å². The lowest BCUT2D eigenvalue weighted by Crippen LogP contribution is -2.49. The number of rotatable bonds is 5. The van der Waals surface area contributed by atoms with E-state index in [2.05, 4.69) is 29.2 Å². The molecule has 1 aromatic heterocycles. The molecular formula is C23H25N3O2. The van der Waals surface area contributed by atoms with Crippen LogP contribution in [-0.2, 0) is 6.54 Å². The molecule has 0 radical (unpaired) electrons. The molecule has 28 heavy (non-hydrogen) atoms. The van der Waals surface area contributed by atoms with E-state index in [1.54, 1.807) is 7.11 Å². The standard InChI is InChI=1S/C23H25N3O2/c1-28-21-11-9-20(10-12-21)24-14-16-25(17-15-24)23(27)22-8-5-13-26(22)18-19-6-3-2-4-7-19/h2-13H,14-18H2,1H3. The second-order valence-corrected chi connectivity index (χ2v) is 6.98. The molecule has 1 aliphatic heterocycles. The number of hydrogen-bond acceptors (Lipinski definition) is 3. The van der Waals surface area contributed by atoms with Gasteiger partial charge in [-0.2, -0.15) is 0 Å². The van der Waals surface area contributed by atoms with Gasteiger partial charge in [0.05, 0.1) is 7.11 Å². The van der Waals surface area contributed by atoms with Crippen molar-refractivity contribution in [1.82, 2.24) is 9.47 Å². The maximum Gasteiger partial charge on any atom is 0.270 e. The summed E-state index contributed by atoms with van der Waals surface area (Å²) < 4.78 is 7.26. The van der Waals surface area contributed by atoms with Gasteiger partial charge in [-0.05, 0) is 42.0 Å². The second-order valence-electron chi connectivity index (χ2n) is 6.98. The number of piperazine rings is 1. The van der Waals surface area contributed by atoms with Crippen LogP contribution in [0.25, 0.3) is 0 Å². The van der Waals surface area contributed by atoms with Gasteiger partial charge in [0, 0.05) is 44.6 Å². The van der Waals surface area contributed by atoms with Crippen LogP contribution < -0.4 is 9.64 Å². The maximum absolute atomic E-state index is 13.1. The number of ether oxygens (including phenoxy) is 1. The van der Waals surface area contributed by atoms with Crippen molar-refractivity contribution in [3.05, 3.63) is 84.2 Å². The van der Waals surface area contributed by atoms with E-state index < -0.39 is 0 Å². The average Bonchev–Trinajstić information content (AvgIpc) is 3.22. The monoisotopic (exact) mass is 375 g/mol. The zero-order valence-corrected chi connectivity index (χ0v) is 16.1. The molecule has 0 unspecified atom stereocenters. The first-order chi connectivity index (χ1) is 13.7. The molecule has 2 heterocycles. The maximum atomic E-state index is 13.1. The molecule has 3 aromatic rings. The zero-order chi connectivity index (χ0) is 19.3. The normalized spacial score (nSPS) is 14.2. The van der Waals surface area contributed by atoms with Crippen molar-refractivity contribution in [2.45, 2.75) is 6.54 Å². The topological polar surface area (TPSA) is 37.7 Å². The fourth-order valence-electron chi connectivity index (χ4n) is 3.65. The van der Waals surface area contributed by atoms with Crippen molar-refractivity contribution >= 4 is 11.6 Å². The van der Waals surface area contributed by atoms with Crippen LogP contribution in [0.2, 0.25) is 0 Å². The third-order valence-corrected chi connectivity index (χ3v) is 5.25. The Labute approximate surface area is 165 Å². The fourth-order valence-corrected chi connectivity index (χ4v) is 3.65. The minimum absolute atomic E-state index is 0.107. The van der Waals surface area contributed by atoms with E-state index in [-0.39, 0.29) is 5.91 Å². The molecule has 1 saturated heterocycles. The van der Waals surface area contributed by atoms with Gasteiger partial charge in [0.15, 0.2) is 0 Å². The smallest absolute Gasteiger partial charge is 0.270 e. The number of methoxy groups -OCH3 is 1. The van der Waals surface area contributed by atoms with Crippen LogP contribution in [0.15, 0.2) is 72.9 Å². The Bertz CT molecular complexity index is 911. The first kappa shape index (κ1) is 18.2. The number of carbonyl (C=O) groups excluding carboxylic acids is 1. The first-order valence-electron chi connectivity index (χ1n) is 9.62. The lowest BCUT2D eigenvalue weighted by Gasteiger charge is -2.36. The van der Waals surface area contributed by atoms with Gasteiger partial charge in [0.25, 0.3) is 5.91 Å². The molecule has 5 heteroatoms. The SMILES string of the molecule is COc1ccc(N2CCN(C(=O)c3cccn3Cc3ccccc3)CC2)cc1. The van der Waals surface area contributed by atoms with Crippen LogP contribution in [0.3, 0.4) is 0 Å². The number of hydrogen-bond donors (Lipinski definition) is 0. The summed E-state index contributed by atoms with van der Waals surface area (Å²) in [6.07, 6.45) is 1.98. The van der Waals surface area contributed by atoms with Crippen LogP contribution in [0.5, 0.6) is 5.75 Å². The van der Waals surface area contributed by atoms with E-state index in [1.165, 1.54) is 11.3 Å². The minimum atomic E-state index is 0.107. The van der Waals surface area contributed by atoms with E-state index in [9.17, 15) is 4.79 Å². The van der Waals surface area contributed by atoms with Crippen molar-refractivity contribution in [2.75, 3.05) is 38.2 Å². The number of carbonyl (C=O) groups is 1. The minimum Gasteiger partial charge on any atom is -0.497 e. The van der Waals surface area contributed by atoms with Crippen LogP contribution in [-0.4, -0.2) is 48.7 Å². The predicted molar refractivity (Wildman–Crippen MR) is 111 cm³/mol. The number of anilines is 1. The van der Waals surface area contributed by atoms with E-state index in [0.29, 0.717) is 6.54 Å². The average molecular weight is 375 g/mol. The highest BCUT2D eigenvalue weighted by atomic mass is 16.5. The van der Waals surface area contributed by atoms with Gasteiger partial charge < -0.3 is 19.1 Å². The largest absolute Gasteiger partial charge is 0.497 e. The molecular weight excluding hydrogens is 350 g/mol. The Balaban J connectivity index is 1.40. The molecule has 1 fully saturated rings. The zero-order valence-electron chi connectivity index (χ0n) is 16.1. The highest BCUT2D eigenvalue weighted by Crippen LogP contribution is 2.21. The molecule has 5 nitrogen and oxygen atoms in total. The summed E-state index contributed by atoms with van der Waals surface area (Å²) in [5, 5.41) is 0. The molecule has 4 rings (SSSR count). The van der Waals surface area contributed by atoms with Crippen molar-refractivity contribution < 1.29 is 9.53 Å². The Morgan fingerprint density at radius 1 is 0.893 bits per heavy atom. The van der Waals surface area contributed by atoms with Crippen LogP contribution in [0.1, 0.15) is 16.1 Å². The number of benzene rings is 2. The van der Waals surface area contributed by atoms with Gasteiger partial charge in [0.2, 0.25) is 0 Å². The fraction of sp³-hybridized carbons (Fsp3) is 0.261. The number of nitrogens with zero attached hydrogens (tertiary/aromatic N) is 3. The lowest BCUT2D eigenvalue weighted by atomic mass is 10.2. The molecule has 0 spiro atoms. The van der Waals surface area contributed by atoms with Crippen molar-refractivity contribution in [3.63, 3.8) is 0 Å². The summed E-state index contributed by atoms with van der Waals surface area (Å²) in [5.41, 5.74) is 3.11. The van der Waals surface area contributed by atoms with E-state index in [4.69, 9.17) is 4.74 Å². The van der Waals surface area contributed by atoms with Gasteiger partial charge in [-0.1, -0.05) is 30.3 Å². The van der Waals surface area contributed by atoms with E-state index in [1.807, 2.05) is 58.1 Å². The third kappa shape index (κ3) is 3.88. The Hall–Kier alpha value is -3.21. The predicted octanol–water partition coefficient (Wildman–Crippen LogP) is 3.51. The first-order valence-corrected chi connectivity index (χ1v) is 9.62. The summed E-state index contributed by atoms with van der Waals surface area (Å²) in [6, 6.07) is 22.2. The molecule has 0 atom stereocenters. The van der Waals surface area contributed by atoms with Gasteiger partial charge in [-0.15, -0.1) is 0 Å². The van der Waals surface area contributed by atoms with Crippen molar-refractivity contribution in [3.8, 4) is 5.75 Å². The third-order valence-electron chi connectivity index (χ3n) is 5.25. The molecule has 1 amide bonds. The lowest BCUT2D eigenvalue weighted by molar-refractivity contribution is 0.0736. The Kier molecular flexibility index (Phi) is 5.33. The van der Waals surface area contributed by atoms with Gasteiger partial charge in [0.1, 0.15) is 11.4 Å². The summed E-state index contributed by atoms with van der Waals surface area (Å²) in [7, 11) is 1.67. The highest BCUT2D eigenvalue weighted by molar-refractivity contribution is 5.93. The summed E-state index contributed by atoms with van der Waals surface area (Å²) in [5.74, 6) is 0.965. The van der Waals surface area contributed by atoms with Crippen LogP contribution in [0, 0.1) is 0 Å². The Morgan fingerprint density at radius 3 is 2.29 bits per heavy atom. The second kappa shape index (κ2) is 8.21. The molecule has 0 aliphatic carbocycles. The van der Waals surface area contributed by atoms with Gasteiger partial charge in [-0.25, -0.2) is 0 Å². The molecule has 0 N–H and O–H groups in total. The van der Waals surface area contributed by atoms with Gasteiger partial charge >= 0.3 is 0 Å². The van der Waals surface area contributed by atoms with E-state index >= 15 is 0 Å². The van der Waals surface area contributed by atoms with E-state index in [0.717, 1.165) is 37.6 Å².